The van der Waals surface area contributed by atoms with Gasteiger partial charge in [-0.05, 0) is 31.0 Å². The Hall–Kier alpha value is -2.58. The fourth-order valence-corrected chi connectivity index (χ4v) is 2.03. The Morgan fingerprint density at radius 2 is 1.91 bits per heavy atom. The Kier molecular flexibility index (Phi) is 2.65. The van der Waals surface area contributed by atoms with Crippen molar-refractivity contribution in [1.29, 1.82) is 0 Å². The summed E-state index contributed by atoms with van der Waals surface area (Å²) in [6.07, 6.45) is -2.39. The molecule has 6 nitrogen and oxygen atoms in total. The number of hydrogen-bond donors (Lipinski definition) is 1. The number of benzene rings is 1. The van der Waals surface area contributed by atoms with Crippen molar-refractivity contribution in [3.05, 3.63) is 29.7 Å². The molecule has 1 aromatic carbocycles. The third-order valence-corrected chi connectivity index (χ3v) is 3.30. The van der Waals surface area contributed by atoms with Crippen LogP contribution in [0, 0.1) is 0 Å². The number of aromatic nitrogens is 3. The molecule has 2 aromatic heterocycles. The maximum absolute atomic E-state index is 12.6. The van der Waals surface area contributed by atoms with Crippen molar-refractivity contribution in [3.8, 4) is 0 Å². The second-order valence-electron chi connectivity index (χ2n) is 5.04. The fourth-order valence-electron chi connectivity index (χ4n) is 2.03. The molecule has 1 saturated carbocycles. The van der Waals surface area contributed by atoms with Gasteiger partial charge in [-0.25, -0.2) is 0 Å². The molecule has 114 valence electrons. The van der Waals surface area contributed by atoms with E-state index in [2.05, 4.69) is 20.5 Å². The Labute approximate surface area is 121 Å². The number of fused-ring (bicyclic) bond motifs is 1. The highest BCUT2D eigenvalue weighted by Crippen LogP contribution is 2.39. The monoisotopic (exact) mass is 310 g/mol. The zero-order valence-electron chi connectivity index (χ0n) is 11.0. The van der Waals surface area contributed by atoms with Crippen LogP contribution in [0.1, 0.15) is 30.2 Å². The normalized spacial score (nSPS) is 15.4. The lowest BCUT2D eigenvalue weighted by Crippen LogP contribution is -2.03. The third-order valence-electron chi connectivity index (χ3n) is 3.30. The number of rotatable bonds is 3. The van der Waals surface area contributed by atoms with Crippen molar-refractivity contribution in [2.45, 2.75) is 24.9 Å². The summed E-state index contributed by atoms with van der Waals surface area (Å²) in [5.74, 6) is 0.846. The van der Waals surface area contributed by atoms with Gasteiger partial charge in [0.05, 0.1) is 5.56 Å². The van der Waals surface area contributed by atoms with E-state index in [4.69, 9.17) is 8.83 Å². The topological polar surface area (TPSA) is 77.0 Å². The van der Waals surface area contributed by atoms with Gasteiger partial charge in [-0.2, -0.15) is 18.2 Å². The predicted octanol–water partition coefficient (Wildman–Crippen LogP) is 3.85. The van der Waals surface area contributed by atoms with Crippen molar-refractivity contribution in [2.75, 3.05) is 5.32 Å². The van der Waals surface area contributed by atoms with Crippen molar-refractivity contribution in [2.24, 2.45) is 0 Å². The van der Waals surface area contributed by atoms with Crippen LogP contribution in [0.5, 0.6) is 0 Å². The summed E-state index contributed by atoms with van der Waals surface area (Å²) in [5, 5.41) is 10.3. The van der Waals surface area contributed by atoms with Gasteiger partial charge in [-0.15, -0.1) is 5.10 Å². The molecule has 0 spiro atoms. The van der Waals surface area contributed by atoms with Gasteiger partial charge in [-0.3, -0.25) is 5.32 Å². The third kappa shape index (κ3) is 2.38. The molecule has 0 atom stereocenters. The van der Waals surface area contributed by atoms with Crippen LogP contribution in [-0.4, -0.2) is 15.2 Å². The second-order valence-corrected chi connectivity index (χ2v) is 5.04. The molecule has 0 saturated heterocycles. The van der Waals surface area contributed by atoms with E-state index >= 15 is 0 Å². The smallest absolute Gasteiger partial charge is 0.416 e. The largest absolute Gasteiger partial charge is 0.423 e. The molecule has 3 aromatic rings. The maximum atomic E-state index is 12.6. The number of halogens is 3. The van der Waals surface area contributed by atoms with Crippen LogP contribution in [0.2, 0.25) is 0 Å². The van der Waals surface area contributed by atoms with E-state index in [1.165, 1.54) is 6.07 Å². The van der Waals surface area contributed by atoms with E-state index in [0.29, 0.717) is 11.8 Å². The number of hydrogen-bond acceptors (Lipinski definition) is 6. The highest BCUT2D eigenvalue weighted by atomic mass is 19.4. The maximum Gasteiger partial charge on any atom is 0.416 e. The van der Waals surface area contributed by atoms with Crippen molar-refractivity contribution in [1.82, 2.24) is 15.2 Å². The summed E-state index contributed by atoms with van der Waals surface area (Å²) in [6.45, 7) is 0. The zero-order chi connectivity index (χ0) is 15.3. The molecule has 1 N–H and O–H groups in total. The highest BCUT2D eigenvalue weighted by Gasteiger charge is 2.31. The average molecular weight is 310 g/mol. The number of nitrogens with one attached hydrogen (secondary N) is 1. The van der Waals surface area contributed by atoms with Crippen LogP contribution in [0.3, 0.4) is 0 Å². The summed E-state index contributed by atoms with van der Waals surface area (Å²) >= 11 is 0. The molecular formula is C13H9F3N4O2. The van der Waals surface area contributed by atoms with E-state index in [9.17, 15) is 13.2 Å². The van der Waals surface area contributed by atoms with Gasteiger partial charge in [0.2, 0.25) is 5.89 Å². The lowest BCUT2D eigenvalue weighted by molar-refractivity contribution is -0.137. The Bertz CT molecular complexity index is 835. The van der Waals surface area contributed by atoms with E-state index < -0.39 is 11.7 Å². The van der Waals surface area contributed by atoms with E-state index in [0.717, 1.165) is 25.0 Å². The van der Waals surface area contributed by atoms with Gasteiger partial charge in [0, 0.05) is 5.92 Å². The molecule has 0 unspecified atom stereocenters. The second kappa shape index (κ2) is 4.46. The van der Waals surface area contributed by atoms with Crippen molar-refractivity contribution in [3.63, 3.8) is 0 Å². The summed E-state index contributed by atoms with van der Waals surface area (Å²) in [4.78, 5) is 3.95. The van der Waals surface area contributed by atoms with Crippen LogP contribution < -0.4 is 5.32 Å². The number of oxazole rings is 1. The summed E-state index contributed by atoms with van der Waals surface area (Å²) in [5.41, 5.74) is -0.453. The molecule has 1 aliphatic carbocycles. The summed E-state index contributed by atoms with van der Waals surface area (Å²) in [6, 6.07) is 3.19. The Morgan fingerprint density at radius 3 is 2.64 bits per heavy atom. The molecule has 0 radical (unpaired) electrons. The summed E-state index contributed by atoms with van der Waals surface area (Å²) < 4.78 is 48.6. The van der Waals surface area contributed by atoms with Crippen LogP contribution >= 0.6 is 0 Å². The number of nitrogens with zero attached hydrogens (tertiary/aromatic N) is 3. The lowest BCUT2D eigenvalue weighted by atomic mass is 10.2. The minimum absolute atomic E-state index is 0.000298. The first kappa shape index (κ1) is 13.1. The standard InChI is InChI=1S/C13H9F3N4O2/c14-13(15,16)7-3-4-9-8(5-7)17-11(21-9)18-12-20-19-10(22-12)6-1-2-6/h3-6H,1-2H2,(H,17,18,20). The van der Waals surface area contributed by atoms with Gasteiger partial charge in [0.15, 0.2) is 5.58 Å². The molecule has 1 fully saturated rings. The first-order valence-electron chi connectivity index (χ1n) is 6.57. The van der Waals surface area contributed by atoms with Gasteiger partial charge >= 0.3 is 18.2 Å². The van der Waals surface area contributed by atoms with Crippen LogP contribution in [0.4, 0.5) is 25.2 Å². The molecule has 0 aliphatic heterocycles. The molecule has 9 heteroatoms. The van der Waals surface area contributed by atoms with Crippen LogP contribution in [-0.2, 0) is 6.18 Å². The van der Waals surface area contributed by atoms with E-state index in [-0.39, 0.29) is 23.1 Å². The van der Waals surface area contributed by atoms with Gasteiger partial charge in [-0.1, -0.05) is 5.10 Å². The molecule has 4 rings (SSSR count). The van der Waals surface area contributed by atoms with E-state index in [1.807, 2.05) is 0 Å². The van der Waals surface area contributed by atoms with Gasteiger partial charge in [0.25, 0.3) is 0 Å². The minimum Gasteiger partial charge on any atom is -0.423 e. The highest BCUT2D eigenvalue weighted by molar-refractivity contribution is 5.75. The Morgan fingerprint density at radius 1 is 1.09 bits per heavy atom. The molecule has 0 bridgehead atoms. The lowest BCUT2D eigenvalue weighted by Gasteiger charge is -2.04. The van der Waals surface area contributed by atoms with Crippen molar-refractivity contribution < 1.29 is 22.0 Å². The average Bonchev–Trinajstić information content (AvgIpc) is 3.06. The Balaban J connectivity index is 1.61. The minimum atomic E-state index is -4.42. The summed E-state index contributed by atoms with van der Waals surface area (Å²) in [7, 11) is 0. The van der Waals surface area contributed by atoms with Gasteiger partial charge < -0.3 is 8.83 Å². The predicted molar refractivity (Wildman–Crippen MR) is 68.6 cm³/mol. The first-order chi connectivity index (χ1) is 10.5. The zero-order valence-corrected chi connectivity index (χ0v) is 11.0. The molecule has 1 aliphatic rings. The number of alkyl halides is 3. The van der Waals surface area contributed by atoms with E-state index in [1.54, 1.807) is 0 Å². The molecule has 0 amide bonds. The van der Waals surface area contributed by atoms with Crippen LogP contribution in [0.25, 0.3) is 11.1 Å². The number of anilines is 2. The SMILES string of the molecule is FC(F)(F)c1ccc2oc(Nc3nnc(C4CC4)o3)nc2c1. The van der Waals surface area contributed by atoms with Crippen LogP contribution in [0.15, 0.2) is 27.0 Å². The van der Waals surface area contributed by atoms with Crippen molar-refractivity contribution >= 4 is 23.1 Å². The molecule has 2 heterocycles. The quantitative estimate of drug-likeness (QED) is 0.791. The molecular weight excluding hydrogens is 301 g/mol. The van der Waals surface area contributed by atoms with Gasteiger partial charge in [0.1, 0.15) is 5.52 Å². The molecule has 22 heavy (non-hydrogen) atoms. The fraction of sp³-hybridized carbons (Fsp3) is 0.308. The first-order valence-corrected chi connectivity index (χ1v) is 6.57.